The van der Waals surface area contributed by atoms with Crippen LogP contribution in [0.1, 0.15) is 38.4 Å². The average molecular weight is 281 g/mol. The summed E-state index contributed by atoms with van der Waals surface area (Å²) in [4.78, 5) is 0. The van der Waals surface area contributed by atoms with E-state index >= 15 is 0 Å². The Bertz CT molecular complexity index is 370. The van der Waals surface area contributed by atoms with Crippen LogP contribution in [0.25, 0.3) is 0 Å². The molecule has 0 aliphatic carbocycles. The summed E-state index contributed by atoms with van der Waals surface area (Å²) in [6.45, 7) is 6.43. The molecule has 0 heterocycles. The van der Waals surface area contributed by atoms with E-state index in [1.807, 2.05) is 31.2 Å². The Morgan fingerprint density at radius 1 is 1.30 bits per heavy atom. The Kier molecular flexibility index (Phi) is 8.26. The lowest BCUT2D eigenvalue weighted by Gasteiger charge is -2.23. The van der Waals surface area contributed by atoms with Crippen LogP contribution >= 0.6 is 0 Å². The molecule has 0 saturated heterocycles. The van der Waals surface area contributed by atoms with E-state index in [1.54, 1.807) is 7.11 Å². The van der Waals surface area contributed by atoms with E-state index in [2.05, 4.69) is 12.2 Å². The Labute approximate surface area is 122 Å². The molecule has 2 N–H and O–H groups in total. The smallest absolute Gasteiger partial charge is 0.119 e. The van der Waals surface area contributed by atoms with Crippen molar-refractivity contribution in [2.75, 3.05) is 26.9 Å². The standard InChI is InChI=1S/C16H27NO3/c1-4-15(17-10-7-11-20-5-2)16(18)13-8-6-9-14(12-13)19-3/h6,8-9,12,15-18H,4-5,7,10-11H2,1-3H3. The van der Waals surface area contributed by atoms with Crippen LogP contribution in [0.3, 0.4) is 0 Å². The number of methoxy groups -OCH3 is 1. The molecular weight excluding hydrogens is 254 g/mol. The van der Waals surface area contributed by atoms with Gasteiger partial charge in [0.25, 0.3) is 0 Å². The van der Waals surface area contributed by atoms with Gasteiger partial charge in [-0.05, 0) is 44.0 Å². The first kappa shape index (κ1) is 17.0. The fourth-order valence-corrected chi connectivity index (χ4v) is 2.14. The molecule has 0 spiro atoms. The van der Waals surface area contributed by atoms with Crippen molar-refractivity contribution < 1.29 is 14.6 Å². The maximum Gasteiger partial charge on any atom is 0.119 e. The van der Waals surface area contributed by atoms with E-state index in [4.69, 9.17) is 9.47 Å². The van der Waals surface area contributed by atoms with Crippen LogP contribution in [0.5, 0.6) is 5.75 Å². The van der Waals surface area contributed by atoms with Crippen molar-refractivity contribution in [2.45, 2.75) is 38.8 Å². The van der Waals surface area contributed by atoms with Gasteiger partial charge in [0.2, 0.25) is 0 Å². The van der Waals surface area contributed by atoms with Gasteiger partial charge in [0.1, 0.15) is 5.75 Å². The van der Waals surface area contributed by atoms with E-state index in [9.17, 15) is 5.11 Å². The summed E-state index contributed by atoms with van der Waals surface area (Å²) in [5.41, 5.74) is 0.883. The molecule has 114 valence electrons. The van der Waals surface area contributed by atoms with Crippen LogP contribution < -0.4 is 10.1 Å². The van der Waals surface area contributed by atoms with Gasteiger partial charge in [-0.15, -0.1) is 0 Å². The molecule has 2 atom stereocenters. The minimum absolute atomic E-state index is 0.0451. The van der Waals surface area contributed by atoms with Gasteiger partial charge in [-0.1, -0.05) is 19.1 Å². The minimum atomic E-state index is -0.526. The van der Waals surface area contributed by atoms with Crippen LogP contribution in [-0.2, 0) is 4.74 Å². The topological polar surface area (TPSA) is 50.7 Å². The third-order valence-corrected chi connectivity index (χ3v) is 3.33. The zero-order chi connectivity index (χ0) is 14.8. The summed E-state index contributed by atoms with van der Waals surface area (Å²) in [6, 6.07) is 7.64. The molecule has 0 bridgehead atoms. The Morgan fingerprint density at radius 2 is 2.10 bits per heavy atom. The highest BCUT2D eigenvalue weighted by atomic mass is 16.5. The zero-order valence-electron chi connectivity index (χ0n) is 12.8. The van der Waals surface area contributed by atoms with E-state index in [1.165, 1.54) is 0 Å². The van der Waals surface area contributed by atoms with Gasteiger partial charge in [0, 0.05) is 19.3 Å². The van der Waals surface area contributed by atoms with Crippen molar-refractivity contribution in [1.29, 1.82) is 0 Å². The molecule has 1 rings (SSSR count). The molecule has 0 aromatic heterocycles. The molecule has 0 radical (unpaired) electrons. The van der Waals surface area contributed by atoms with E-state index < -0.39 is 6.10 Å². The molecule has 4 heteroatoms. The lowest BCUT2D eigenvalue weighted by Crippen LogP contribution is -2.35. The van der Waals surface area contributed by atoms with E-state index in [-0.39, 0.29) is 6.04 Å². The van der Waals surface area contributed by atoms with Gasteiger partial charge in [0.05, 0.1) is 13.2 Å². The number of nitrogens with one attached hydrogen (secondary N) is 1. The molecule has 20 heavy (non-hydrogen) atoms. The van der Waals surface area contributed by atoms with E-state index in [0.717, 1.165) is 43.9 Å². The quantitative estimate of drug-likeness (QED) is 0.647. The molecule has 0 aliphatic heterocycles. The summed E-state index contributed by atoms with van der Waals surface area (Å²) < 4.78 is 10.5. The fraction of sp³-hybridized carbons (Fsp3) is 0.625. The number of hydrogen-bond acceptors (Lipinski definition) is 4. The molecule has 1 aromatic carbocycles. The highest BCUT2D eigenvalue weighted by molar-refractivity contribution is 5.30. The van der Waals surface area contributed by atoms with Crippen molar-refractivity contribution in [1.82, 2.24) is 5.32 Å². The Balaban J connectivity index is 2.50. The Morgan fingerprint density at radius 3 is 2.75 bits per heavy atom. The predicted octanol–water partition coefficient (Wildman–Crippen LogP) is 2.52. The van der Waals surface area contributed by atoms with Crippen molar-refractivity contribution in [3.05, 3.63) is 29.8 Å². The number of aliphatic hydroxyl groups excluding tert-OH is 1. The van der Waals surface area contributed by atoms with Crippen LogP contribution in [-0.4, -0.2) is 38.0 Å². The number of hydrogen-bond donors (Lipinski definition) is 2. The molecule has 4 nitrogen and oxygen atoms in total. The molecule has 1 aromatic rings. The van der Waals surface area contributed by atoms with Gasteiger partial charge in [-0.3, -0.25) is 0 Å². The molecule has 0 aliphatic rings. The second-order valence-corrected chi connectivity index (χ2v) is 4.74. The summed E-state index contributed by atoms with van der Waals surface area (Å²) >= 11 is 0. The first-order chi connectivity index (χ1) is 9.72. The lowest BCUT2D eigenvalue weighted by molar-refractivity contribution is 0.117. The summed E-state index contributed by atoms with van der Waals surface area (Å²) in [7, 11) is 1.63. The maximum absolute atomic E-state index is 10.5. The van der Waals surface area contributed by atoms with Gasteiger partial charge >= 0.3 is 0 Å². The molecule has 2 unspecified atom stereocenters. The van der Waals surface area contributed by atoms with Crippen LogP contribution in [0.2, 0.25) is 0 Å². The van der Waals surface area contributed by atoms with Gasteiger partial charge in [0.15, 0.2) is 0 Å². The summed E-state index contributed by atoms with van der Waals surface area (Å²) in [6.07, 6.45) is 1.30. The number of rotatable bonds is 10. The van der Waals surface area contributed by atoms with Crippen molar-refractivity contribution in [3.63, 3.8) is 0 Å². The van der Waals surface area contributed by atoms with Crippen molar-refractivity contribution in [2.24, 2.45) is 0 Å². The van der Waals surface area contributed by atoms with Crippen molar-refractivity contribution in [3.8, 4) is 5.75 Å². The molecule has 0 amide bonds. The number of ether oxygens (including phenoxy) is 2. The first-order valence-electron chi connectivity index (χ1n) is 7.36. The van der Waals surface area contributed by atoms with Crippen molar-refractivity contribution >= 4 is 0 Å². The highest BCUT2D eigenvalue weighted by Gasteiger charge is 2.18. The highest BCUT2D eigenvalue weighted by Crippen LogP contribution is 2.22. The monoisotopic (exact) mass is 281 g/mol. The third-order valence-electron chi connectivity index (χ3n) is 3.33. The second-order valence-electron chi connectivity index (χ2n) is 4.74. The Hall–Kier alpha value is -1.10. The summed E-state index contributed by atoms with van der Waals surface area (Å²) in [5, 5.41) is 13.8. The molecule has 0 saturated carbocycles. The average Bonchev–Trinajstić information content (AvgIpc) is 2.50. The fourth-order valence-electron chi connectivity index (χ4n) is 2.14. The lowest BCUT2D eigenvalue weighted by atomic mass is 10.00. The number of benzene rings is 1. The third kappa shape index (κ3) is 5.49. The maximum atomic E-state index is 10.5. The van der Waals surface area contributed by atoms with Gasteiger partial charge < -0.3 is 19.9 Å². The SMILES string of the molecule is CCOCCCNC(CC)C(O)c1cccc(OC)c1. The normalized spacial score (nSPS) is 14.0. The largest absolute Gasteiger partial charge is 0.497 e. The van der Waals surface area contributed by atoms with Crippen LogP contribution in [0.4, 0.5) is 0 Å². The van der Waals surface area contributed by atoms with Gasteiger partial charge in [-0.2, -0.15) is 0 Å². The predicted molar refractivity (Wildman–Crippen MR) is 81.1 cm³/mol. The molecular formula is C16H27NO3. The van der Waals surface area contributed by atoms with Crippen LogP contribution in [0, 0.1) is 0 Å². The minimum Gasteiger partial charge on any atom is -0.497 e. The zero-order valence-corrected chi connectivity index (χ0v) is 12.8. The first-order valence-corrected chi connectivity index (χ1v) is 7.36. The number of aliphatic hydroxyl groups is 1. The molecule has 0 fully saturated rings. The second kappa shape index (κ2) is 9.75. The van der Waals surface area contributed by atoms with Gasteiger partial charge in [-0.25, -0.2) is 0 Å². The summed E-state index contributed by atoms with van der Waals surface area (Å²) in [5.74, 6) is 0.771. The van der Waals surface area contributed by atoms with E-state index in [0.29, 0.717) is 0 Å². The van der Waals surface area contributed by atoms with Crippen LogP contribution in [0.15, 0.2) is 24.3 Å².